The minimum atomic E-state index is -0.869. The van der Waals surface area contributed by atoms with Crippen LogP contribution in [-0.2, 0) is 4.79 Å². The Kier molecular flexibility index (Phi) is 2.63. The number of aliphatic carboxylic acids is 1. The molecule has 1 rings (SSSR count). The van der Waals surface area contributed by atoms with Gasteiger partial charge in [0.1, 0.15) is 6.54 Å². The van der Waals surface area contributed by atoms with Gasteiger partial charge in [-0.05, 0) is 18.6 Å². The van der Waals surface area contributed by atoms with E-state index in [1.54, 1.807) is 18.5 Å². The third-order valence-electron chi connectivity index (χ3n) is 1.45. The summed E-state index contributed by atoms with van der Waals surface area (Å²) in [5, 5.41) is 11.2. The number of nitrogens with one attached hydrogen (secondary N) is 1. The van der Waals surface area contributed by atoms with Crippen molar-refractivity contribution in [1.82, 2.24) is 4.98 Å². The van der Waals surface area contributed by atoms with Crippen LogP contribution in [0, 0.1) is 6.92 Å². The predicted molar refractivity (Wildman–Crippen MR) is 45.1 cm³/mol. The third-order valence-corrected chi connectivity index (χ3v) is 1.45. The average molecular weight is 166 g/mol. The number of anilines is 1. The van der Waals surface area contributed by atoms with E-state index in [1.165, 1.54) is 0 Å². The van der Waals surface area contributed by atoms with Crippen LogP contribution in [0.5, 0.6) is 0 Å². The zero-order valence-corrected chi connectivity index (χ0v) is 6.74. The van der Waals surface area contributed by atoms with Gasteiger partial charge < -0.3 is 10.4 Å². The standard InChI is InChI=1S/C8H10N2O2/c1-6-4-9-3-2-7(6)10-5-8(11)12/h2-4H,5H2,1H3,(H,9,10)(H,11,12). The van der Waals surface area contributed by atoms with Crippen molar-refractivity contribution >= 4 is 11.7 Å². The summed E-state index contributed by atoms with van der Waals surface area (Å²) in [5.41, 5.74) is 1.76. The van der Waals surface area contributed by atoms with Crippen LogP contribution < -0.4 is 5.32 Å². The topological polar surface area (TPSA) is 62.2 Å². The van der Waals surface area contributed by atoms with Gasteiger partial charge in [-0.15, -0.1) is 0 Å². The first-order valence-corrected chi connectivity index (χ1v) is 3.56. The van der Waals surface area contributed by atoms with Crippen molar-refractivity contribution in [2.75, 3.05) is 11.9 Å². The Balaban J connectivity index is 2.63. The molecule has 0 saturated heterocycles. The van der Waals surface area contributed by atoms with Crippen LogP contribution in [-0.4, -0.2) is 22.6 Å². The number of rotatable bonds is 3. The summed E-state index contributed by atoms with van der Waals surface area (Å²) in [6.45, 7) is 1.81. The third kappa shape index (κ3) is 2.23. The number of pyridine rings is 1. The fourth-order valence-electron chi connectivity index (χ4n) is 0.843. The van der Waals surface area contributed by atoms with Crippen LogP contribution in [0.3, 0.4) is 0 Å². The van der Waals surface area contributed by atoms with Crippen molar-refractivity contribution in [2.45, 2.75) is 6.92 Å². The van der Waals surface area contributed by atoms with Gasteiger partial charge in [0.25, 0.3) is 0 Å². The van der Waals surface area contributed by atoms with E-state index in [2.05, 4.69) is 10.3 Å². The quantitative estimate of drug-likeness (QED) is 0.699. The van der Waals surface area contributed by atoms with Crippen LogP contribution in [0.4, 0.5) is 5.69 Å². The maximum Gasteiger partial charge on any atom is 0.322 e. The highest BCUT2D eigenvalue weighted by Crippen LogP contribution is 2.10. The summed E-state index contributed by atoms with van der Waals surface area (Å²) < 4.78 is 0. The highest BCUT2D eigenvalue weighted by molar-refractivity contribution is 5.73. The molecule has 0 atom stereocenters. The first-order valence-electron chi connectivity index (χ1n) is 3.56. The molecule has 1 aromatic heterocycles. The van der Waals surface area contributed by atoms with E-state index in [4.69, 9.17) is 5.11 Å². The molecule has 0 aliphatic rings. The van der Waals surface area contributed by atoms with Gasteiger partial charge in [0.15, 0.2) is 0 Å². The van der Waals surface area contributed by atoms with Crippen LogP contribution in [0.25, 0.3) is 0 Å². The van der Waals surface area contributed by atoms with Crippen molar-refractivity contribution in [3.8, 4) is 0 Å². The molecule has 0 spiro atoms. The van der Waals surface area contributed by atoms with Gasteiger partial charge in [-0.25, -0.2) is 0 Å². The summed E-state index contributed by atoms with van der Waals surface area (Å²) in [7, 11) is 0. The summed E-state index contributed by atoms with van der Waals surface area (Å²) in [4.78, 5) is 14.1. The number of aryl methyl sites for hydroxylation is 1. The summed E-state index contributed by atoms with van der Waals surface area (Å²) in [6.07, 6.45) is 3.31. The Morgan fingerprint density at radius 1 is 1.75 bits per heavy atom. The minimum absolute atomic E-state index is 0.0646. The molecule has 1 heterocycles. The van der Waals surface area contributed by atoms with Crippen molar-refractivity contribution in [1.29, 1.82) is 0 Å². The largest absolute Gasteiger partial charge is 0.480 e. The lowest BCUT2D eigenvalue weighted by atomic mass is 10.2. The number of hydrogen-bond acceptors (Lipinski definition) is 3. The monoisotopic (exact) mass is 166 g/mol. The smallest absolute Gasteiger partial charge is 0.322 e. The van der Waals surface area contributed by atoms with Gasteiger partial charge in [0.2, 0.25) is 0 Å². The Morgan fingerprint density at radius 2 is 2.50 bits per heavy atom. The second-order valence-corrected chi connectivity index (χ2v) is 2.44. The van der Waals surface area contributed by atoms with Gasteiger partial charge in [-0.3, -0.25) is 9.78 Å². The molecule has 4 nitrogen and oxygen atoms in total. The molecule has 1 aromatic rings. The number of aromatic nitrogens is 1. The van der Waals surface area contributed by atoms with Crippen LogP contribution in [0.2, 0.25) is 0 Å². The first kappa shape index (κ1) is 8.52. The lowest BCUT2D eigenvalue weighted by Gasteiger charge is -2.04. The average Bonchev–Trinajstić information content (AvgIpc) is 2.03. The predicted octanol–water partition coefficient (Wildman–Crippen LogP) is 0.887. The zero-order valence-electron chi connectivity index (χ0n) is 6.74. The molecule has 0 saturated carbocycles. The molecule has 0 amide bonds. The molecule has 4 heteroatoms. The van der Waals surface area contributed by atoms with E-state index in [0.29, 0.717) is 0 Å². The van der Waals surface area contributed by atoms with E-state index in [1.807, 2.05) is 6.92 Å². The van der Waals surface area contributed by atoms with E-state index in [0.717, 1.165) is 11.3 Å². The maximum absolute atomic E-state index is 10.2. The van der Waals surface area contributed by atoms with Gasteiger partial charge in [-0.1, -0.05) is 0 Å². The molecule has 0 aliphatic carbocycles. The normalized spacial score (nSPS) is 9.42. The maximum atomic E-state index is 10.2. The van der Waals surface area contributed by atoms with Crippen LogP contribution in [0.1, 0.15) is 5.56 Å². The van der Waals surface area contributed by atoms with Gasteiger partial charge in [0, 0.05) is 18.1 Å². The second kappa shape index (κ2) is 3.71. The molecule has 0 fully saturated rings. The number of nitrogens with zero attached hydrogens (tertiary/aromatic N) is 1. The molecule has 0 unspecified atom stereocenters. The van der Waals surface area contributed by atoms with Gasteiger partial charge in [-0.2, -0.15) is 0 Å². The number of hydrogen-bond donors (Lipinski definition) is 2. The van der Waals surface area contributed by atoms with E-state index in [9.17, 15) is 4.79 Å². The summed E-state index contributed by atoms with van der Waals surface area (Å²) >= 11 is 0. The number of carboxylic acid groups (broad SMARTS) is 1. The van der Waals surface area contributed by atoms with Crippen LogP contribution in [0.15, 0.2) is 18.5 Å². The Morgan fingerprint density at radius 3 is 3.08 bits per heavy atom. The van der Waals surface area contributed by atoms with Crippen molar-refractivity contribution in [2.24, 2.45) is 0 Å². The lowest BCUT2D eigenvalue weighted by molar-refractivity contribution is -0.134. The Hall–Kier alpha value is -1.58. The molecule has 64 valence electrons. The number of carboxylic acids is 1. The Labute approximate surface area is 70.3 Å². The highest BCUT2D eigenvalue weighted by Gasteiger charge is 1.98. The summed E-state index contributed by atoms with van der Waals surface area (Å²) in [6, 6.07) is 1.75. The lowest BCUT2D eigenvalue weighted by Crippen LogP contribution is -2.12. The van der Waals surface area contributed by atoms with Crippen molar-refractivity contribution in [3.05, 3.63) is 24.0 Å². The molecule has 2 N–H and O–H groups in total. The molecule has 0 aromatic carbocycles. The molecular formula is C8H10N2O2. The van der Waals surface area contributed by atoms with Gasteiger partial charge in [0.05, 0.1) is 0 Å². The number of carbonyl (C=O) groups is 1. The van der Waals surface area contributed by atoms with E-state index >= 15 is 0 Å². The van der Waals surface area contributed by atoms with Crippen LogP contribution >= 0.6 is 0 Å². The zero-order chi connectivity index (χ0) is 8.97. The second-order valence-electron chi connectivity index (χ2n) is 2.44. The highest BCUT2D eigenvalue weighted by atomic mass is 16.4. The SMILES string of the molecule is Cc1cnccc1NCC(=O)O. The molecule has 0 radical (unpaired) electrons. The molecular weight excluding hydrogens is 156 g/mol. The molecule has 0 bridgehead atoms. The fourth-order valence-corrected chi connectivity index (χ4v) is 0.843. The fraction of sp³-hybridized carbons (Fsp3) is 0.250. The summed E-state index contributed by atoms with van der Waals surface area (Å²) in [5.74, 6) is -0.869. The first-order chi connectivity index (χ1) is 5.70. The van der Waals surface area contributed by atoms with Crippen molar-refractivity contribution < 1.29 is 9.90 Å². The van der Waals surface area contributed by atoms with Gasteiger partial charge >= 0.3 is 5.97 Å². The van der Waals surface area contributed by atoms with Crippen molar-refractivity contribution in [3.63, 3.8) is 0 Å². The molecule has 12 heavy (non-hydrogen) atoms. The Bertz CT molecular complexity index is 286. The van der Waals surface area contributed by atoms with E-state index < -0.39 is 5.97 Å². The molecule has 0 aliphatic heterocycles. The van der Waals surface area contributed by atoms with E-state index in [-0.39, 0.29) is 6.54 Å². The minimum Gasteiger partial charge on any atom is -0.480 e.